The van der Waals surface area contributed by atoms with Gasteiger partial charge in [0.05, 0.1) is 4.60 Å². The molecule has 0 unspecified atom stereocenters. The van der Waals surface area contributed by atoms with Crippen molar-refractivity contribution in [1.29, 1.82) is 0 Å². The van der Waals surface area contributed by atoms with Crippen molar-refractivity contribution in [2.75, 3.05) is 0 Å². The van der Waals surface area contributed by atoms with Crippen LogP contribution in [-0.2, 0) is 0 Å². The maximum absolute atomic E-state index is 3.55. The molecule has 0 radical (unpaired) electrons. The van der Waals surface area contributed by atoms with E-state index in [-0.39, 0.29) is 0 Å². The highest BCUT2D eigenvalue weighted by molar-refractivity contribution is 9.10. The van der Waals surface area contributed by atoms with Crippen LogP contribution in [0.4, 0.5) is 0 Å². The number of aryl methyl sites for hydroxylation is 2. The van der Waals surface area contributed by atoms with Crippen LogP contribution in [0.5, 0.6) is 0 Å². The molecule has 0 fully saturated rings. The van der Waals surface area contributed by atoms with Gasteiger partial charge in [-0.15, -0.1) is 11.3 Å². The molecular formula is C8H8BrNS. The second kappa shape index (κ2) is 2.35. The molecule has 0 bridgehead atoms. The summed E-state index contributed by atoms with van der Waals surface area (Å²) in [4.78, 5) is 1.31. The van der Waals surface area contributed by atoms with Gasteiger partial charge in [-0.2, -0.15) is 0 Å². The molecule has 2 heterocycles. The molecule has 0 amide bonds. The lowest BCUT2D eigenvalue weighted by Gasteiger charge is -1.92. The Hall–Kier alpha value is -0.280. The Morgan fingerprint density at radius 2 is 2.18 bits per heavy atom. The molecule has 3 heteroatoms. The van der Waals surface area contributed by atoms with Gasteiger partial charge in [0.1, 0.15) is 4.83 Å². The van der Waals surface area contributed by atoms with Crippen molar-refractivity contribution >= 4 is 32.1 Å². The van der Waals surface area contributed by atoms with E-state index >= 15 is 0 Å². The second-order valence-electron chi connectivity index (χ2n) is 2.67. The van der Waals surface area contributed by atoms with Crippen molar-refractivity contribution in [1.82, 2.24) is 4.40 Å². The van der Waals surface area contributed by atoms with Crippen LogP contribution in [0.2, 0.25) is 0 Å². The normalized spacial score (nSPS) is 11.2. The summed E-state index contributed by atoms with van der Waals surface area (Å²) in [6, 6.07) is 2.20. The highest BCUT2D eigenvalue weighted by atomic mass is 79.9. The van der Waals surface area contributed by atoms with Crippen molar-refractivity contribution in [3.05, 3.63) is 27.3 Å². The van der Waals surface area contributed by atoms with Crippen LogP contribution >= 0.6 is 27.3 Å². The van der Waals surface area contributed by atoms with Gasteiger partial charge < -0.3 is 0 Å². The van der Waals surface area contributed by atoms with E-state index in [9.17, 15) is 0 Å². The average molecular weight is 230 g/mol. The zero-order chi connectivity index (χ0) is 8.01. The summed E-state index contributed by atoms with van der Waals surface area (Å²) in [7, 11) is 0. The quantitative estimate of drug-likeness (QED) is 0.653. The Labute approximate surface area is 77.8 Å². The largest absolute Gasteiger partial charge is 0.299 e. The lowest BCUT2D eigenvalue weighted by molar-refractivity contribution is 1.09. The van der Waals surface area contributed by atoms with Crippen LogP contribution in [0.1, 0.15) is 11.3 Å². The first-order chi connectivity index (χ1) is 5.20. The minimum atomic E-state index is 1.19. The fourth-order valence-electron chi connectivity index (χ4n) is 1.20. The van der Waals surface area contributed by atoms with E-state index in [0.717, 1.165) is 0 Å². The maximum atomic E-state index is 3.55. The van der Waals surface area contributed by atoms with Gasteiger partial charge in [-0.3, -0.25) is 4.40 Å². The van der Waals surface area contributed by atoms with Crippen molar-refractivity contribution in [2.24, 2.45) is 0 Å². The fourth-order valence-corrected chi connectivity index (χ4v) is 2.88. The summed E-state index contributed by atoms with van der Waals surface area (Å²) in [5, 5.41) is 2.17. The van der Waals surface area contributed by atoms with Gasteiger partial charge in [0, 0.05) is 11.1 Å². The van der Waals surface area contributed by atoms with Crippen molar-refractivity contribution in [3.8, 4) is 0 Å². The lowest BCUT2D eigenvalue weighted by atomic mass is 10.4. The standard InChI is InChI=1S/C8H8BrNS/c1-5-3-7-10(8(5)9)6(2)4-11-7/h3-4H,1-2H3. The van der Waals surface area contributed by atoms with Crippen LogP contribution < -0.4 is 0 Å². The molecule has 11 heavy (non-hydrogen) atoms. The second-order valence-corrected chi connectivity index (χ2v) is 4.31. The predicted molar refractivity (Wildman–Crippen MR) is 52.4 cm³/mol. The predicted octanol–water partition coefficient (Wildman–Crippen LogP) is 3.38. The Kier molecular flexibility index (Phi) is 1.58. The molecule has 0 saturated carbocycles. The molecule has 0 spiro atoms. The highest BCUT2D eigenvalue weighted by Gasteiger charge is 2.06. The molecular weight excluding hydrogens is 222 g/mol. The van der Waals surface area contributed by atoms with Crippen LogP contribution in [0.3, 0.4) is 0 Å². The topological polar surface area (TPSA) is 4.41 Å². The summed E-state index contributed by atoms with van der Waals surface area (Å²) < 4.78 is 3.41. The Balaban J connectivity index is 2.95. The first-order valence-electron chi connectivity index (χ1n) is 3.42. The number of hydrogen-bond donors (Lipinski definition) is 0. The van der Waals surface area contributed by atoms with E-state index in [1.807, 2.05) is 0 Å². The van der Waals surface area contributed by atoms with E-state index in [1.165, 1.54) is 20.7 Å². The summed E-state index contributed by atoms with van der Waals surface area (Å²) in [5.74, 6) is 0. The molecule has 0 aliphatic rings. The minimum Gasteiger partial charge on any atom is -0.299 e. The molecule has 58 valence electrons. The Morgan fingerprint density at radius 3 is 2.82 bits per heavy atom. The Bertz CT molecular complexity index is 399. The number of halogens is 1. The van der Waals surface area contributed by atoms with Gasteiger partial charge in [0.15, 0.2) is 0 Å². The fraction of sp³-hybridized carbons (Fsp3) is 0.250. The van der Waals surface area contributed by atoms with Crippen molar-refractivity contribution in [2.45, 2.75) is 13.8 Å². The van der Waals surface area contributed by atoms with E-state index in [4.69, 9.17) is 0 Å². The number of hydrogen-bond acceptors (Lipinski definition) is 1. The monoisotopic (exact) mass is 229 g/mol. The van der Waals surface area contributed by atoms with Crippen LogP contribution in [-0.4, -0.2) is 4.40 Å². The van der Waals surface area contributed by atoms with Crippen molar-refractivity contribution in [3.63, 3.8) is 0 Å². The van der Waals surface area contributed by atoms with E-state index < -0.39 is 0 Å². The SMILES string of the molecule is Cc1cc2scc(C)n2c1Br. The van der Waals surface area contributed by atoms with Crippen LogP contribution in [0.25, 0.3) is 4.83 Å². The van der Waals surface area contributed by atoms with Crippen LogP contribution in [0.15, 0.2) is 16.0 Å². The maximum Gasteiger partial charge on any atom is 0.100 e. The van der Waals surface area contributed by atoms with Crippen molar-refractivity contribution < 1.29 is 0 Å². The summed E-state index contributed by atoms with van der Waals surface area (Å²) >= 11 is 5.33. The number of rotatable bonds is 0. The molecule has 0 saturated heterocycles. The van der Waals surface area contributed by atoms with Gasteiger partial charge in [-0.25, -0.2) is 0 Å². The van der Waals surface area contributed by atoms with E-state index in [0.29, 0.717) is 0 Å². The van der Waals surface area contributed by atoms with E-state index in [2.05, 4.69) is 45.6 Å². The number of thiazole rings is 1. The number of nitrogens with zero attached hydrogens (tertiary/aromatic N) is 1. The zero-order valence-electron chi connectivity index (χ0n) is 6.39. The van der Waals surface area contributed by atoms with Gasteiger partial charge >= 0.3 is 0 Å². The molecule has 2 rings (SSSR count). The summed E-state index contributed by atoms with van der Waals surface area (Å²) in [5.41, 5.74) is 2.60. The zero-order valence-corrected chi connectivity index (χ0v) is 8.79. The molecule has 0 atom stereocenters. The molecule has 2 aromatic rings. The van der Waals surface area contributed by atoms with E-state index in [1.54, 1.807) is 11.3 Å². The Morgan fingerprint density at radius 1 is 1.45 bits per heavy atom. The molecule has 2 aromatic heterocycles. The molecule has 1 nitrogen and oxygen atoms in total. The van der Waals surface area contributed by atoms with Gasteiger partial charge in [-0.05, 0) is 41.4 Å². The third-order valence-corrected chi connectivity index (χ3v) is 3.77. The first-order valence-corrected chi connectivity index (χ1v) is 5.09. The summed E-state index contributed by atoms with van der Waals surface area (Å²) in [6.45, 7) is 4.23. The molecule has 0 aliphatic carbocycles. The van der Waals surface area contributed by atoms with Crippen LogP contribution in [0, 0.1) is 13.8 Å². The lowest BCUT2D eigenvalue weighted by Crippen LogP contribution is -1.82. The number of aromatic nitrogens is 1. The number of fused-ring (bicyclic) bond motifs is 1. The first kappa shape index (κ1) is 7.37. The third kappa shape index (κ3) is 0.948. The molecule has 0 aliphatic heterocycles. The van der Waals surface area contributed by atoms with Gasteiger partial charge in [-0.1, -0.05) is 0 Å². The van der Waals surface area contributed by atoms with Gasteiger partial charge in [0.25, 0.3) is 0 Å². The minimum absolute atomic E-state index is 1.19. The third-order valence-electron chi connectivity index (χ3n) is 1.79. The average Bonchev–Trinajstić information content (AvgIpc) is 2.41. The summed E-state index contributed by atoms with van der Waals surface area (Å²) in [6.07, 6.45) is 0. The van der Waals surface area contributed by atoms with Gasteiger partial charge in [0.2, 0.25) is 0 Å². The molecule has 0 aromatic carbocycles. The smallest absolute Gasteiger partial charge is 0.100 e. The molecule has 0 N–H and O–H groups in total. The highest BCUT2D eigenvalue weighted by Crippen LogP contribution is 2.27.